The lowest BCUT2D eigenvalue weighted by Gasteiger charge is -1.98. The van der Waals surface area contributed by atoms with Crippen molar-refractivity contribution >= 4 is 0 Å². The Hall–Kier alpha value is -0.480. The lowest BCUT2D eigenvalue weighted by Crippen LogP contribution is -2.00. The highest BCUT2D eigenvalue weighted by Gasteiger charge is 1.92. The molecule has 1 unspecified atom stereocenters. The molecule has 0 spiro atoms. The molecule has 0 amide bonds. The summed E-state index contributed by atoms with van der Waals surface area (Å²) in [5.74, 6) is 3.05. The van der Waals surface area contributed by atoms with Crippen LogP contribution in [-0.4, -0.2) is 6.54 Å². The molecule has 0 heterocycles. The van der Waals surface area contributed by atoms with E-state index in [2.05, 4.69) is 5.92 Å². The molecule has 8 heavy (non-hydrogen) atoms. The van der Waals surface area contributed by atoms with Gasteiger partial charge in [0.1, 0.15) is 0 Å². The summed E-state index contributed by atoms with van der Waals surface area (Å²) in [5.41, 5.74) is 5.26. The van der Waals surface area contributed by atoms with Gasteiger partial charge < -0.3 is 5.73 Å². The third-order valence-electron chi connectivity index (χ3n) is 1.13. The van der Waals surface area contributed by atoms with Gasteiger partial charge >= 0.3 is 0 Å². The molecular formula is C7H13N. The average Bonchev–Trinajstić information content (AvgIpc) is 1.83. The summed E-state index contributed by atoms with van der Waals surface area (Å²) in [4.78, 5) is 0. The Morgan fingerprint density at radius 1 is 1.75 bits per heavy atom. The second-order valence-electron chi connectivity index (χ2n) is 2.00. The van der Waals surface area contributed by atoms with Gasteiger partial charge in [-0.1, -0.05) is 6.92 Å². The Kier molecular flexibility index (Phi) is 4.39. The van der Waals surface area contributed by atoms with Gasteiger partial charge in [0, 0.05) is 5.92 Å². The maximum absolute atomic E-state index is 5.26. The van der Waals surface area contributed by atoms with Crippen molar-refractivity contribution in [2.24, 2.45) is 11.7 Å². The number of hydrogen-bond acceptors (Lipinski definition) is 1. The van der Waals surface area contributed by atoms with E-state index in [1.54, 1.807) is 0 Å². The van der Waals surface area contributed by atoms with Gasteiger partial charge in [-0.25, -0.2) is 0 Å². The van der Waals surface area contributed by atoms with Crippen LogP contribution in [0.3, 0.4) is 0 Å². The summed E-state index contributed by atoms with van der Waals surface area (Å²) in [6, 6.07) is 0. The standard InChI is InChI=1S/C7H13N/c1-3-7(2)5-4-6-8/h1,7H,4-6,8H2,2H3. The molecule has 0 saturated heterocycles. The first-order chi connectivity index (χ1) is 3.81. The highest BCUT2D eigenvalue weighted by atomic mass is 14.5. The zero-order valence-electron chi connectivity index (χ0n) is 5.35. The number of terminal acetylenes is 1. The Morgan fingerprint density at radius 3 is 2.75 bits per heavy atom. The topological polar surface area (TPSA) is 26.0 Å². The predicted octanol–water partition coefficient (Wildman–Crippen LogP) is 0.995. The molecule has 0 aromatic rings. The molecule has 1 nitrogen and oxygen atoms in total. The van der Waals surface area contributed by atoms with E-state index in [1.165, 1.54) is 0 Å². The number of hydrogen-bond donors (Lipinski definition) is 1. The van der Waals surface area contributed by atoms with Crippen LogP contribution in [0.15, 0.2) is 0 Å². The molecule has 0 fully saturated rings. The van der Waals surface area contributed by atoms with Crippen LogP contribution in [0, 0.1) is 18.3 Å². The highest BCUT2D eigenvalue weighted by Crippen LogP contribution is 2.00. The van der Waals surface area contributed by atoms with Gasteiger partial charge in [-0.3, -0.25) is 0 Å². The van der Waals surface area contributed by atoms with Crippen molar-refractivity contribution in [1.29, 1.82) is 0 Å². The van der Waals surface area contributed by atoms with Crippen LogP contribution >= 0.6 is 0 Å². The Labute approximate surface area is 51.3 Å². The summed E-state index contributed by atoms with van der Waals surface area (Å²) in [7, 11) is 0. The molecule has 0 radical (unpaired) electrons. The molecule has 0 saturated carbocycles. The number of rotatable bonds is 3. The fourth-order valence-electron chi connectivity index (χ4n) is 0.507. The Morgan fingerprint density at radius 2 is 2.38 bits per heavy atom. The molecule has 0 aliphatic heterocycles. The van der Waals surface area contributed by atoms with Crippen molar-refractivity contribution in [3.63, 3.8) is 0 Å². The molecule has 2 N–H and O–H groups in total. The molecule has 46 valence electrons. The minimum Gasteiger partial charge on any atom is -0.330 e. The van der Waals surface area contributed by atoms with Gasteiger partial charge in [-0.15, -0.1) is 12.3 Å². The minimum atomic E-state index is 0.401. The fraction of sp³-hybridized carbons (Fsp3) is 0.714. The van der Waals surface area contributed by atoms with Gasteiger partial charge in [0.2, 0.25) is 0 Å². The van der Waals surface area contributed by atoms with Crippen molar-refractivity contribution in [1.82, 2.24) is 0 Å². The van der Waals surface area contributed by atoms with E-state index < -0.39 is 0 Å². The maximum Gasteiger partial charge on any atom is 0.0172 e. The van der Waals surface area contributed by atoms with Crippen LogP contribution in [-0.2, 0) is 0 Å². The molecular weight excluding hydrogens is 98.1 g/mol. The third kappa shape index (κ3) is 3.70. The molecule has 0 bridgehead atoms. The monoisotopic (exact) mass is 111 g/mol. The smallest absolute Gasteiger partial charge is 0.0172 e. The third-order valence-corrected chi connectivity index (χ3v) is 1.13. The zero-order chi connectivity index (χ0) is 6.41. The second-order valence-corrected chi connectivity index (χ2v) is 2.00. The van der Waals surface area contributed by atoms with E-state index in [1.807, 2.05) is 6.92 Å². The lowest BCUT2D eigenvalue weighted by molar-refractivity contribution is 0.630. The normalized spacial score (nSPS) is 12.6. The van der Waals surface area contributed by atoms with Crippen LogP contribution in [0.2, 0.25) is 0 Å². The maximum atomic E-state index is 5.26. The summed E-state index contributed by atoms with van der Waals surface area (Å²) in [6.07, 6.45) is 7.23. The molecule has 0 rings (SSSR count). The SMILES string of the molecule is C#CC(C)CCCN. The first kappa shape index (κ1) is 7.52. The van der Waals surface area contributed by atoms with Gasteiger partial charge in [-0.2, -0.15) is 0 Å². The van der Waals surface area contributed by atoms with Crippen LogP contribution < -0.4 is 5.73 Å². The van der Waals surface area contributed by atoms with Crippen molar-refractivity contribution in [3.8, 4) is 12.3 Å². The van der Waals surface area contributed by atoms with E-state index in [-0.39, 0.29) is 0 Å². The van der Waals surface area contributed by atoms with Crippen molar-refractivity contribution in [2.45, 2.75) is 19.8 Å². The molecule has 0 aromatic heterocycles. The fourth-order valence-corrected chi connectivity index (χ4v) is 0.507. The van der Waals surface area contributed by atoms with E-state index in [0.29, 0.717) is 5.92 Å². The van der Waals surface area contributed by atoms with Crippen LogP contribution in [0.25, 0.3) is 0 Å². The van der Waals surface area contributed by atoms with Crippen molar-refractivity contribution < 1.29 is 0 Å². The zero-order valence-corrected chi connectivity index (χ0v) is 5.35. The summed E-state index contributed by atoms with van der Waals surface area (Å²) in [5, 5.41) is 0. The van der Waals surface area contributed by atoms with Crippen LogP contribution in [0.1, 0.15) is 19.8 Å². The quantitative estimate of drug-likeness (QED) is 0.540. The van der Waals surface area contributed by atoms with Gasteiger partial charge in [0.15, 0.2) is 0 Å². The molecule has 0 aliphatic carbocycles. The van der Waals surface area contributed by atoms with Crippen LogP contribution in [0.5, 0.6) is 0 Å². The van der Waals surface area contributed by atoms with E-state index in [9.17, 15) is 0 Å². The van der Waals surface area contributed by atoms with E-state index in [0.717, 1.165) is 19.4 Å². The van der Waals surface area contributed by atoms with Crippen molar-refractivity contribution in [2.75, 3.05) is 6.54 Å². The largest absolute Gasteiger partial charge is 0.330 e. The molecule has 1 heteroatoms. The van der Waals surface area contributed by atoms with Crippen molar-refractivity contribution in [3.05, 3.63) is 0 Å². The number of nitrogens with two attached hydrogens (primary N) is 1. The second kappa shape index (κ2) is 4.67. The predicted molar refractivity (Wildman–Crippen MR) is 36.3 cm³/mol. The Balaban J connectivity index is 3.02. The Bertz CT molecular complexity index is 80.9. The summed E-state index contributed by atoms with van der Waals surface area (Å²) in [6.45, 7) is 2.79. The van der Waals surface area contributed by atoms with E-state index >= 15 is 0 Å². The molecule has 1 atom stereocenters. The molecule has 0 aromatic carbocycles. The minimum absolute atomic E-state index is 0.401. The summed E-state index contributed by atoms with van der Waals surface area (Å²) >= 11 is 0. The average molecular weight is 111 g/mol. The highest BCUT2D eigenvalue weighted by molar-refractivity contribution is 4.89. The van der Waals surface area contributed by atoms with Gasteiger partial charge in [0.25, 0.3) is 0 Å². The van der Waals surface area contributed by atoms with Gasteiger partial charge in [-0.05, 0) is 19.4 Å². The summed E-state index contributed by atoms with van der Waals surface area (Å²) < 4.78 is 0. The lowest BCUT2D eigenvalue weighted by atomic mass is 10.1. The molecule has 0 aliphatic rings. The first-order valence-electron chi connectivity index (χ1n) is 2.97. The van der Waals surface area contributed by atoms with Gasteiger partial charge in [0.05, 0.1) is 0 Å². The van der Waals surface area contributed by atoms with Crippen LogP contribution in [0.4, 0.5) is 0 Å². The first-order valence-corrected chi connectivity index (χ1v) is 2.97. The van der Waals surface area contributed by atoms with E-state index in [4.69, 9.17) is 12.2 Å².